The molecule has 1 aliphatic heterocycles. The maximum atomic E-state index is 15.1. The van der Waals surface area contributed by atoms with Gasteiger partial charge in [0.2, 0.25) is 5.82 Å². The van der Waals surface area contributed by atoms with Gasteiger partial charge in [-0.05, 0) is 36.6 Å². The predicted molar refractivity (Wildman–Crippen MR) is 149 cm³/mol. The Kier molecular flexibility index (Phi) is 10.8. The van der Waals surface area contributed by atoms with Crippen LogP contribution in [0.2, 0.25) is 0 Å². The van der Waals surface area contributed by atoms with Gasteiger partial charge in [0.05, 0.1) is 19.8 Å². The van der Waals surface area contributed by atoms with Gasteiger partial charge in [-0.2, -0.15) is 4.39 Å². The zero-order chi connectivity index (χ0) is 28.5. The first-order valence-corrected chi connectivity index (χ1v) is 14.0. The van der Waals surface area contributed by atoms with Gasteiger partial charge in [-0.25, -0.2) is 13.2 Å². The minimum Gasteiger partial charge on any atom is -0.490 e. The summed E-state index contributed by atoms with van der Waals surface area (Å²) >= 11 is 0. The lowest BCUT2D eigenvalue weighted by molar-refractivity contribution is -0.199. The molecule has 1 fully saturated rings. The van der Waals surface area contributed by atoms with Crippen molar-refractivity contribution >= 4 is 0 Å². The van der Waals surface area contributed by atoms with E-state index in [2.05, 4.69) is 6.92 Å². The van der Waals surface area contributed by atoms with Crippen molar-refractivity contribution in [2.75, 3.05) is 19.8 Å². The van der Waals surface area contributed by atoms with Crippen LogP contribution < -0.4 is 4.74 Å². The Morgan fingerprint density at radius 1 is 0.725 bits per heavy atom. The van der Waals surface area contributed by atoms with E-state index in [1.165, 1.54) is 43.5 Å². The number of benzene rings is 3. The molecule has 0 aliphatic carbocycles. The van der Waals surface area contributed by atoms with E-state index < -0.39 is 29.6 Å². The van der Waals surface area contributed by atoms with Crippen LogP contribution in [0.3, 0.4) is 0 Å². The highest BCUT2D eigenvalue weighted by Gasteiger charge is 2.27. The quantitative estimate of drug-likeness (QED) is 0.126. The van der Waals surface area contributed by atoms with Crippen molar-refractivity contribution in [3.8, 4) is 28.0 Å². The van der Waals surface area contributed by atoms with Gasteiger partial charge in [0.25, 0.3) is 0 Å². The molecular weight excluding hydrogens is 520 g/mol. The van der Waals surface area contributed by atoms with Gasteiger partial charge in [0, 0.05) is 22.6 Å². The molecule has 0 spiro atoms. The van der Waals surface area contributed by atoms with Crippen molar-refractivity contribution < 1.29 is 31.8 Å². The zero-order valence-corrected chi connectivity index (χ0v) is 23.0. The fourth-order valence-electron chi connectivity index (χ4n) is 4.81. The Bertz CT molecular complexity index is 1280. The molecule has 4 rings (SSSR count). The van der Waals surface area contributed by atoms with E-state index in [-0.39, 0.29) is 28.4 Å². The highest BCUT2D eigenvalue weighted by molar-refractivity contribution is 5.71. The van der Waals surface area contributed by atoms with E-state index in [1.54, 1.807) is 24.3 Å². The minimum atomic E-state index is -1.04. The molecule has 3 aromatic carbocycles. The fraction of sp³-hybridized carbons (Fsp3) is 0.394. The standard InChI is InChI=1S/C33H36F4O3/c1-3-5-6-7-8-9-19-38-28-18-17-26(30(35)32(28)37)24-13-11-23(12-14-24)25-15-16-27(31(36)29(25)34)33-39-20-22(10-4-2)21-40-33/h4,10-18,22,33H,3,5-9,19-21H2,1-2H3/b10-4+. The molecule has 40 heavy (non-hydrogen) atoms. The van der Waals surface area contributed by atoms with E-state index in [4.69, 9.17) is 14.2 Å². The van der Waals surface area contributed by atoms with Crippen LogP contribution >= 0.6 is 0 Å². The van der Waals surface area contributed by atoms with Gasteiger partial charge in [0.15, 0.2) is 29.5 Å². The summed E-state index contributed by atoms with van der Waals surface area (Å²) in [5.74, 6) is -4.18. The summed E-state index contributed by atoms with van der Waals surface area (Å²) in [6.07, 6.45) is 9.26. The van der Waals surface area contributed by atoms with Crippen molar-refractivity contribution in [2.45, 2.75) is 58.7 Å². The molecule has 1 aliphatic rings. The number of ether oxygens (including phenoxy) is 3. The fourth-order valence-corrected chi connectivity index (χ4v) is 4.81. The number of allylic oxidation sites excluding steroid dienone is 1. The van der Waals surface area contributed by atoms with Crippen LogP contribution in [0.4, 0.5) is 17.6 Å². The van der Waals surface area contributed by atoms with Crippen LogP contribution in [-0.2, 0) is 9.47 Å². The summed E-state index contributed by atoms with van der Waals surface area (Å²) in [7, 11) is 0. The van der Waals surface area contributed by atoms with Crippen molar-refractivity contribution in [3.05, 3.63) is 89.5 Å². The molecule has 0 atom stereocenters. The first-order chi connectivity index (χ1) is 19.4. The Balaban J connectivity index is 1.42. The first kappa shape index (κ1) is 29.8. The van der Waals surface area contributed by atoms with Crippen molar-refractivity contribution in [2.24, 2.45) is 5.92 Å². The Hall–Kier alpha value is -3.16. The molecule has 3 aromatic rings. The third-order valence-corrected chi connectivity index (χ3v) is 7.06. The molecule has 0 radical (unpaired) electrons. The number of unbranched alkanes of at least 4 members (excludes halogenated alkanes) is 5. The monoisotopic (exact) mass is 556 g/mol. The normalized spacial score (nSPS) is 17.4. The largest absolute Gasteiger partial charge is 0.490 e. The lowest BCUT2D eigenvalue weighted by Crippen LogP contribution is -2.26. The molecule has 0 N–H and O–H groups in total. The van der Waals surface area contributed by atoms with Crippen LogP contribution in [-0.4, -0.2) is 19.8 Å². The van der Waals surface area contributed by atoms with Crippen LogP contribution in [0, 0.1) is 29.2 Å². The van der Waals surface area contributed by atoms with E-state index in [0.29, 0.717) is 30.9 Å². The topological polar surface area (TPSA) is 27.7 Å². The molecule has 0 amide bonds. The van der Waals surface area contributed by atoms with Gasteiger partial charge >= 0.3 is 0 Å². The predicted octanol–water partition coefficient (Wildman–Crippen LogP) is 9.55. The molecule has 1 saturated heterocycles. The second-order valence-electron chi connectivity index (χ2n) is 10.0. The summed E-state index contributed by atoms with van der Waals surface area (Å²) in [6.45, 7) is 5.07. The van der Waals surface area contributed by atoms with Crippen LogP contribution in [0.25, 0.3) is 22.3 Å². The Morgan fingerprint density at radius 2 is 1.30 bits per heavy atom. The molecule has 1 heterocycles. The minimum absolute atomic E-state index is 0.00635. The molecular formula is C33H36F4O3. The summed E-state index contributed by atoms with van der Waals surface area (Å²) in [4.78, 5) is 0. The van der Waals surface area contributed by atoms with E-state index in [9.17, 15) is 13.2 Å². The van der Waals surface area contributed by atoms with Crippen molar-refractivity contribution in [1.82, 2.24) is 0 Å². The number of hydrogen-bond acceptors (Lipinski definition) is 3. The first-order valence-electron chi connectivity index (χ1n) is 14.0. The smallest absolute Gasteiger partial charge is 0.201 e. The molecule has 0 bridgehead atoms. The summed E-state index contributed by atoms with van der Waals surface area (Å²) in [5, 5.41) is 0. The second kappa shape index (κ2) is 14.5. The maximum absolute atomic E-state index is 15.1. The molecule has 0 unspecified atom stereocenters. The number of halogens is 4. The second-order valence-corrected chi connectivity index (χ2v) is 10.0. The maximum Gasteiger partial charge on any atom is 0.201 e. The number of hydrogen-bond donors (Lipinski definition) is 0. The highest BCUT2D eigenvalue weighted by atomic mass is 19.2. The Morgan fingerprint density at radius 3 is 1.93 bits per heavy atom. The zero-order valence-electron chi connectivity index (χ0n) is 23.0. The lowest BCUT2D eigenvalue weighted by Gasteiger charge is -2.28. The van der Waals surface area contributed by atoms with Gasteiger partial charge in [-0.15, -0.1) is 0 Å². The van der Waals surface area contributed by atoms with Crippen molar-refractivity contribution in [3.63, 3.8) is 0 Å². The van der Waals surface area contributed by atoms with Gasteiger partial charge < -0.3 is 14.2 Å². The van der Waals surface area contributed by atoms with Gasteiger partial charge in [-0.1, -0.05) is 87.6 Å². The van der Waals surface area contributed by atoms with Crippen molar-refractivity contribution in [1.29, 1.82) is 0 Å². The average Bonchev–Trinajstić information content (AvgIpc) is 2.97. The SMILES string of the molecule is C/C=C/C1COC(c2ccc(-c3ccc(-c4ccc(OCCCCCCCC)c(F)c4F)cc3)c(F)c2F)OC1. The Labute approximate surface area is 233 Å². The van der Waals surface area contributed by atoms with E-state index in [1.807, 2.05) is 19.1 Å². The van der Waals surface area contributed by atoms with Gasteiger partial charge in [0.1, 0.15) is 0 Å². The molecule has 214 valence electrons. The molecule has 3 nitrogen and oxygen atoms in total. The van der Waals surface area contributed by atoms with Crippen LogP contribution in [0.1, 0.15) is 64.2 Å². The van der Waals surface area contributed by atoms with Crippen LogP contribution in [0.5, 0.6) is 5.75 Å². The van der Waals surface area contributed by atoms with E-state index >= 15 is 4.39 Å². The third kappa shape index (κ3) is 7.12. The highest BCUT2D eigenvalue weighted by Crippen LogP contribution is 2.35. The lowest BCUT2D eigenvalue weighted by atomic mass is 9.98. The summed E-state index contributed by atoms with van der Waals surface area (Å²) in [6, 6.07) is 12.0. The average molecular weight is 557 g/mol. The summed E-state index contributed by atoms with van der Waals surface area (Å²) < 4.78 is 76.3. The number of rotatable bonds is 12. The van der Waals surface area contributed by atoms with E-state index in [0.717, 1.165) is 19.3 Å². The third-order valence-electron chi connectivity index (χ3n) is 7.06. The molecule has 0 saturated carbocycles. The molecule has 0 aromatic heterocycles. The molecule has 7 heteroatoms. The van der Waals surface area contributed by atoms with Gasteiger partial charge in [-0.3, -0.25) is 0 Å². The van der Waals surface area contributed by atoms with Crippen LogP contribution in [0.15, 0.2) is 60.7 Å². The summed E-state index contributed by atoms with van der Waals surface area (Å²) in [5.41, 5.74) is 0.888.